The van der Waals surface area contributed by atoms with Gasteiger partial charge in [0.25, 0.3) is 5.91 Å². The number of nitrogens with zero attached hydrogens (tertiary/aromatic N) is 2. The molecule has 2 aromatic rings. The standard InChI is InChI=1S/C22H24N4O3S/c1-2-13-24-30(28,29)21-9-5-18(6-10-21)22(27)25-19-11-14-26(15-12-19)20-7-3-17(16-23)4-8-20/h2-10,19,24H,1,11-15H2,(H,25,27). The molecule has 1 heterocycles. The van der Waals surface area contributed by atoms with Crippen molar-refractivity contribution in [3.63, 3.8) is 0 Å². The molecule has 0 radical (unpaired) electrons. The van der Waals surface area contributed by atoms with Crippen molar-refractivity contribution < 1.29 is 13.2 Å². The Balaban J connectivity index is 1.54. The van der Waals surface area contributed by atoms with Gasteiger partial charge in [0, 0.05) is 36.9 Å². The Morgan fingerprint density at radius 3 is 2.33 bits per heavy atom. The summed E-state index contributed by atoms with van der Waals surface area (Å²) in [6.45, 7) is 5.25. The van der Waals surface area contributed by atoms with Gasteiger partial charge in [0.15, 0.2) is 0 Å². The van der Waals surface area contributed by atoms with Crippen LogP contribution in [0.25, 0.3) is 0 Å². The summed E-state index contributed by atoms with van der Waals surface area (Å²) in [5.41, 5.74) is 2.13. The molecule has 1 aliphatic rings. The van der Waals surface area contributed by atoms with Crippen molar-refractivity contribution in [3.8, 4) is 6.07 Å². The van der Waals surface area contributed by atoms with Crippen molar-refractivity contribution in [3.05, 3.63) is 72.3 Å². The lowest BCUT2D eigenvalue weighted by Gasteiger charge is -2.34. The molecule has 1 amide bonds. The Hall–Kier alpha value is -3.15. The van der Waals surface area contributed by atoms with Gasteiger partial charge in [-0.15, -0.1) is 6.58 Å². The van der Waals surface area contributed by atoms with Crippen molar-refractivity contribution in [2.24, 2.45) is 0 Å². The fourth-order valence-electron chi connectivity index (χ4n) is 3.33. The van der Waals surface area contributed by atoms with Crippen LogP contribution in [0, 0.1) is 11.3 Å². The monoisotopic (exact) mass is 424 g/mol. The summed E-state index contributed by atoms with van der Waals surface area (Å²) in [6, 6.07) is 15.6. The molecule has 2 aromatic carbocycles. The third kappa shape index (κ3) is 5.26. The van der Waals surface area contributed by atoms with Crippen molar-refractivity contribution >= 4 is 21.6 Å². The minimum Gasteiger partial charge on any atom is -0.371 e. The fourth-order valence-corrected chi connectivity index (χ4v) is 4.33. The number of rotatable bonds is 7. The average Bonchev–Trinajstić information content (AvgIpc) is 2.78. The molecule has 30 heavy (non-hydrogen) atoms. The number of sulfonamides is 1. The molecule has 1 aliphatic heterocycles. The maximum Gasteiger partial charge on any atom is 0.251 e. The van der Waals surface area contributed by atoms with E-state index in [1.165, 1.54) is 30.3 Å². The molecule has 2 N–H and O–H groups in total. The maximum absolute atomic E-state index is 12.5. The number of nitriles is 1. The molecular weight excluding hydrogens is 400 g/mol. The predicted molar refractivity (Wildman–Crippen MR) is 116 cm³/mol. The smallest absolute Gasteiger partial charge is 0.251 e. The van der Waals surface area contributed by atoms with Crippen LogP contribution in [0.3, 0.4) is 0 Å². The summed E-state index contributed by atoms with van der Waals surface area (Å²) in [6.07, 6.45) is 3.08. The average molecular weight is 425 g/mol. The molecule has 3 rings (SSSR count). The number of nitrogens with one attached hydrogen (secondary N) is 2. The number of carbonyl (C=O) groups is 1. The Morgan fingerprint density at radius 1 is 1.13 bits per heavy atom. The zero-order valence-corrected chi connectivity index (χ0v) is 17.4. The number of piperidine rings is 1. The van der Waals surface area contributed by atoms with Crippen molar-refractivity contribution in [2.75, 3.05) is 24.5 Å². The summed E-state index contributed by atoms with van der Waals surface area (Å²) < 4.78 is 26.6. The first-order chi connectivity index (χ1) is 14.4. The second-order valence-corrected chi connectivity index (χ2v) is 8.83. The van der Waals surface area contributed by atoms with E-state index in [9.17, 15) is 13.2 Å². The van der Waals surface area contributed by atoms with Gasteiger partial charge in [-0.2, -0.15) is 5.26 Å². The summed E-state index contributed by atoms with van der Waals surface area (Å²) in [7, 11) is -3.61. The SMILES string of the molecule is C=CCNS(=O)(=O)c1ccc(C(=O)NC2CCN(c3ccc(C#N)cc3)CC2)cc1. The topological polar surface area (TPSA) is 102 Å². The highest BCUT2D eigenvalue weighted by atomic mass is 32.2. The van der Waals surface area contributed by atoms with Gasteiger partial charge in [-0.3, -0.25) is 4.79 Å². The van der Waals surface area contributed by atoms with Gasteiger partial charge in [0.1, 0.15) is 0 Å². The number of carbonyl (C=O) groups excluding carboxylic acids is 1. The highest BCUT2D eigenvalue weighted by Crippen LogP contribution is 2.21. The van der Waals surface area contributed by atoms with Crippen molar-refractivity contribution in [1.82, 2.24) is 10.0 Å². The highest BCUT2D eigenvalue weighted by molar-refractivity contribution is 7.89. The number of hydrogen-bond donors (Lipinski definition) is 2. The van der Waals surface area contributed by atoms with Crippen LogP contribution in [0.15, 0.2) is 66.1 Å². The van der Waals surface area contributed by atoms with Crippen LogP contribution in [0.4, 0.5) is 5.69 Å². The molecule has 156 valence electrons. The van der Waals surface area contributed by atoms with Gasteiger partial charge in [0.2, 0.25) is 10.0 Å². The summed E-state index contributed by atoms with van der Waals surface area (Å²) >= 11 is 0. The quantitative estimate of drug-likeness (QED) is 0.665. The number of hydrogen-bond acceptors (Lipinski definition) is 5. The van der Waals surface area contributed by atoms with Gasteiger partial charge in [-0.25, -0.2) is 13.1 Å². The second kappa shape index (κ2) is 9.57. The van der Waals surface area contributed by atoms with Crippen LogP contribution in [0.5, 0.6) is 0 Å². The first-order valence-electron chi connectivity index (χ1n) is 9.69. The number of anilines is 1. The predicted octanol–water partition coefficient (Wildman–Crippen LogP) is 2.42. The van der Waals surface area contributed by atoms with Gasteiger partial charge in [0.05, 0.1) is 16.5 Å². The molecule has 0 bridgehead atoms. The van der Waals surface area contributed by atoms with Crippen molar-refractivity contribution in [1.29, 1.82) is 5.26 Å². The normalized spacial score (nSPS) is 14.7. The van der Waals surface area contributed by atoms with Gasteiger partial charge in [-0.1, -0.05) is 6.08 Å². The maximum atomic E-state index is 12.5. The third-order valence-electron chi connectivity index (χ3n) is 5.04. The summed E-state index contributed by atoms with van der Waals surface area (Å²) in [5.74, 6) is -0.213. The molecular formula is C22H24N4O3S. The van der Waals surface area contributed by atoms with E-state index in [0.717, 1.165) is 31.6 Å². The lowest BCUT2D eigenvalue weighted by atomic mass is 10.0. The largest absolute Gasteiger partial charge is 0.371 e. The summed E-state index contributed by atoms with van der Waals surface area (Å²) in [5, 5.41) is 11.9. The molecule has 7 nitrogen and oxygen atoms in total. The van der Waals surface area contributed by atoms with Crippen molar-refractivity contribution in [2.45, 2.75) is 23.8 Å². The van der Waals surface area contributed by atoms with Crippen LogP contribution in [-0.4, -0.2) is 40.0 Å². The van der Waals surface area contributed by atoms with Gasteiger partial charge < -0.3 is 10.2 Å². The Kier molecular flexibility index (Phi) is 6.87. The number of benzene rings is 2. The molecule has 1 fully saturated rings. The van der Waals surface area contributed by atoms with E-state index in [0.29, 0.717) is 11.1 Å². The molecule has 0 unspecified atom stereocenters. The van der Waals surface area contributed by atoms with Crippen LogP contribution in [-0.2, 0) is 10.0 Å². The molecule has 0 aliphatic carbocycles. The second-order valence-electron chi connectivity index (χ2n) is 7.06. The summed E-state index contributed by atoms with van der Waals surface area (Å²) in [4.78, 5) is 14.9. The van der Waals surface area contributed by atoms with E-state index < -0.39 is 10.0 Å². The lowest BCUT2D eigenvalue weighted by molar-refractivity contribution is 0.0931. The molecule has 0 atom stereocenters. The lowest BCUT2D eigenvalue weighted by Crippen LogP contribution is -2.44. The fraction of sp³-hybridized carbons (Fsp3) is 0.273. The Labute approximate surface area is 177 Å². The number of amides is 1. The van der Waals surface area contributed by atoms with E-state index in [-0.39, 0.29) is 23.4 Å². The van der Waals surface area contributed by atoms with Crippen LogP contribution >= 0.6 is 0 Å². The minimum atomic E-state index is -3.61. The molecule has 0 spiro atoms. The van der Waals surface area contributed by atoms with E-state index in [4.69, 9.17) is 5.26 Å². The first-order valence-corrected chi connectivity index (χ1v) is 11.2. The molecule has 0 aromatic heterocycles. The van der Waals surface area contributed by atoms with Crippen LogP contribution in [0.2, 0.25) is 0 Å². The zero-order chi connectivity index (χ0) is 21.6. The van der Waals surface area contributed by atoms with Gasteiger partial charge >= 0.3 is 0 Å². The first kappa shape index (κ1) is 21.6. The van der Waals surface area contributed by atoms with Gasteiger partial charge in [-0.05, 0) is 61.4 Å². The minimum absolute atomic E-state index is 0.0600. The molecule has 8 heteroatoms. The van der Waals surface area contributed by atoms with Crippen LogP contribution < -0.4 is 14.9 Å². The third-order valence-corrected chi connectivity index (χ3v) is 6.48. The molecule has 1 saturated heterocycles. The Morgan fingerprint density at radius 2 is 1.77 bits per heavy atom. The Bertz CT molecular complexity index is 1030. The highest BCUT2D eigenvalue weighted by Gasteiger charge is 2.22. The molecule has 0 saturated carbocycles. The van der Waals surface area contributed by atoms with E-state index in [2.05, 4.69) is 27.6 Å². The zero-order valence-electron chi connectivity index (χ0n) is 16.5. The van der Waals surface area contributed by atoms with Crippen LogP contribution in [0.1, 0.15) is 28.8 Å². The van der Waals surface area contributed by atoms with E-state index >= 15 is 0 Å². The van der Waals surface area contributed by atoms with E-state index in [1.807, 2.05) is 12.1 Å². The van der Waals surface area contributed by atoms with E-state index in [1.54, 1.807) is 12.1 Å².